The van der Waals surface area contributed by atoms with Gasteiger partial charge >= 0.3 is 0 Å². The monoisotopic (exact) mass is 692 g/mol. The number of benzene rings is 7. The van der Waals surface area contributed by atoms with Crippen LogP contribution in [-0.4, -0.2) is 5.84 Å². The van der Waals surface area contributed by atoms with Crippen LogP contribution in [0.3, 0.4) is 0 Å². The highest BCUT2D eigenvalue weighted by atomic mass is 16.5. The van der Waals surface area contributed by atoms with Crippen LogP contribution < -0.4 is 10.1 Å². The lowest BCUT2D eigenvalue weighted by Gasteiger charge is -2.40. The number of rotatable bonds is 4. The van der Waals surface area contributed by atoms with Crippen LogP contribution in [0.1, 0.15) is 45.8 Å². The number of hydrogen-bond donors (Lipinski definition) is 1. The van der Waals surface area contributed by atoms with Crippen molar-refractivity contribution in [2.24, 2.45) is 10.9 Å². The molecular weight excluding hydrogens is 657 g/mol. The molecule has 54 heavy (non-hydrogen) atoms. The standard InChI is InChI=1S/C51H36N2O/c1-2-13-36(14-3-1)48-41-17-6-10-23-46(41)52-50(53-48)37-31-27-34(28-32-37)33-25-29-35(30-26-33)38-18-12-22-45-49(38)54-47-24-11-9-21-44(47)51(45)42-19-7-4-15-39(42)40-16-5-8-20-43(40)51/h1-16,18-32,41,48H,17H2,(H,52,53). The zero-order valence-corrected chi connectivity index (χ0v) is 29.6. The van der Waals surface area contributed by atoms with Crippen LogP contribution in [0.4, 0.5) is 0 Å². The number of para-hydroxylation sites is 2. The smallest absolute Gasteiger partial charge is 0.140 e. The van der Waals surface area contributed by atoms with Crippen LogP contribution in [0.2, 0.25) is 0 Å². The van der Waals surface area contributed by atoms with Gasteiger partial charge in [0.2, 0.25) is 0 Å². The molecule has 3 nitrogen and oxygen atoms in total. The molecule has 0 saturated heterocycles. The van der Waals surface area contributed by atoms with Gasteiger partial charge in [0.1, 0.15) is 17.3 Å². The second-order valence-electron chi connectivity index (χ2n) is 14.6. The molecule has 256 valence electrons. The van der Waals surface area contributed by atoms with Crippen LogP contribution in [-0.2, 0) is 5.41 Å². The number of nitrogens with one attached hydrogen (secondary N) is 1. The van der Waals surface area contributed by atoms with Gasteiger partial charge in [-0.05, 0) is 63.1 Å². The summed E-state index contributed by atoms with van der Waals surface area (Å²) < 4.78 is 6.91. The van der Waals surface area contributed by atoms with E-state index in [1.165, 1.54) is 38.9 Å². The molecule has 4 aliphatic rings. The van der Waals surface area contributed by atoms with Crippen LogP contribution in [0, 0.1) is 5.92 Å². The zero-order valence-electron chi connectivity index (χ0n) is 29.6. The van der Waals surface area contributed by atoms with Gasteiger partial charge in [-0.1, -0.05) is 176 Å². The Kier molecular flexibility index (Phi) is 6.96. The molecule has 2 heterocycles. The quantitative estimate of drug-likeness (QED) is 0.199. The van der Waals surface area contributed by atoms with Gasteiger partial charge in [-0.2, -0.15) is 0 Å². The number of hydrogen-bond acceptors (Lipinski definition) is 3. The number of nitrogens with zero attached hydrogens (tertiary/aromatic N) is 1. The lowest BCUT2D eigenvalue weighted by atomic mass is 9.65. The Morgan fingerprint density at radius 2 is 1.09 bits per heavy atom. The Morgan fingerprint density at radius 3 is 1.81 bits per heavy atom. The van der Waals surface area contributed by atoms with Crippen molar-refractivity contribution in [2.45, 2.75) is 17.9 Å². The van der Waals surface area contributed by atoms with Gasteiger partial charge in [-0.25, -0.2) is 4.99 Å². The molecule has 0 amide bonds. The lowest BCUT2D eigenvalue weighted by Crippen LogP contribution is -2.39. The Bertz CT molecular complexity index is 2640. The summed E-state index contributed by atoms with van der Waals surface area (Å²) in [7, 11) is 0. The van der Waals surface area contributed by atoms with Crippen molar-refractivity contribution in [1.82, 2.24) is 5.32 Å². The summed E-state index contributed by atoms with van der Waals surface area (Å²) in [5.74, 6) is 3.06. The second-order valence-corrected chi connectivity index (χ2v) is 14.6. The van der Waals surface area contributed by atoms with Gasteiger partial charge in [-0.15, -0.1) is 0 Å². The minimum Gasteiger partial charge on any atom is -0.456 e. The molecule has 0 bridgehead atoms. The van der Waals surface area contributed by atoms with E-state index in [2.05, 4.69) is 193 Å². The SMILES string of the molecule is C1=CCC2C(=C1)N=C(c1ccc(-c3ccc(-c4cccc5c4Oc4ccccc4C54c5ccccc5-c5ccccc54)cc3)cc1)NC2c1ccccc1. The third kappa shape index (κ3) is 4.58. The van der Waals surface area contributed by atoms with E-state index in [9.17, 15) is 0 Å². The Hall–Kier alpha value is -6.71. The average Bonchev–Trinajstić information content (AvgIpc) is 3.54. The Labute approximate surface area is 315 Å². The number of amidine groups is 1. The van der Waals surface area contributed by atoms with Gasteiger partial charge in [-0.3, -0.25) is 0 Å². The zero-order chi connectivity index (χ0) is 35.6. The third-order valence-corrected chi connectivity index (χ3v) is 11.8. The van der Waals surface area contributed by atoms with Crippen molar-refractivity contribution in [3.05, 3.63) is 227 Å². The second kappa shape index (κ2) is 12.2. The van der Waals surface area contributed by atoms with Gasteiger partial charge in [0, 0.05) is 33.9 Å². The van der Waals surface area contributed by atoms with Crippen LogP contribution in [0.25, 0.3) is 33.4 Å². The fourth-order valence-corrected chi connectivity index (χ4v) is 9.36. The van der Waals surface area contributed by atoms with Crippen molar-refractivity contribution in [1.29, 1.82) is 0 Å². The van der Waals surface area contributed by atoms with E-state index in [1.54, 1.807) is 0 Å². The maximum Gasteiger partial charge on any atom is 0.140 e. The molecule has 7 aromatic rings. The molecule has 2 aliphatic heterocycles. The predicted molar refractivity (Wildman–Crippen MR) is 219 cm³/mol. The van der Waals surface area contributed by atoms with Crippen molar-refractivity contribution < 1.29 is 4.74 Å². The minimum atomic E-state index is -0.473. The largest absolute Gasteiger partial charge is 0.456 e. The fraction of sp³-hybridized carbons (Fsp3) is 0.0784. The molecule has 11 rings (SSSR count). The predicted octanol–water partition coefficient (Wildman–Crippen LogP) is 12.0. The highest BCUT2D eigenvalue weighted by Gasteiger charge is 2.51. The molecule has 0 saturated carbocycles. The average molecular weight is 693 g/mol. The number of allylic oxidation sites excluding steroid dienone is 3. The fourth-order valence-electron chi connectivity index (χ4n) is 9.36. The molecule has 1 N–H and O–H groups in total. The summed E-state index contributed by atoms with van der Waals surface area (Å²) in [5, 5.41) is 3.79. The lowest BCUT2D eigenvalue weighted by molar-refractivity contribution is 0.438. The summed E-state index contributed by atoms with van der Waals surface area (Å²) in [5.41, 5.74) is 15.1. The van der Waals surface area contributed by atoms with Crippen LogP contribution in [0.5, 0.6) is 11.5 Å². The van der Waals surface area contributed by atoms with Crippen molar-refractivity contribution in [3.63, 3.8) is 0 Å². The van der Waals surface area contributed by atoms with E-state index < -0.39 is 5.41 Å². The van der Waals surface area contributed by atoms with Crippen LogP contribution in [0.15, 0.2) is 199 Å². The number of aliphatic imine (C=N–C) groups is 1. The van der Waals surface area contributed by atoms with E-state index in [0.29, 0.717) is 5.92 Å². The minimum absolute atomic E-state index is 0.177. The van der Waals surface area contributed by atoms with Gasteiger partial charge in [0.15, 0.2) is 0 Å². The Balaban J connectivity index is 0.948. The molecule has 3 heteroatoms. The summed E-state index contributed by atoms with van der Waals surface area (Å²) in [4.78, 5) is 5.10. The summed E-state index contributed by atoms with van der Waals surface area (Å²) in [6, 6.07) is 61.6. The maximum absolute atomic E-state index is 6.91. The maximum atomic E-state index is 6.91. The summed E-state index contributed by atoms with van der Waals surface area (Å²) >= 11 is 0. The number of fused-ring (bicyclic) bond motifs is 10. The third-order valence-electron chi connectivity index (χ3n) is 11.8. The molecule has 0 aromatic heterocycles. The van der Waals surface area contributed by atoms with Crippen molar-refractivity contribution in [2.75, 3.05) is 0 Å². The molecule has 2 unspecified atom stereocenters. The van der Waals surface area contributed by atoms with E-state index in [1.807, 2.05) is 0 Å². The van der Waals surface area contributed by atoms with Crippen LogP contribution >= 0.6 is 0 Å². The summed E-state index contributed by atoms with van der Waals surface area (Å²) in [6.45, 7) is 0. The first-order valence-corrected chi connectivity index (χ1v) is 18.9. The highest BCUT2D eigenvalue weighted by Crippen LogP contribution is 2.63. The van der Waals surface area contributed by atoms with E-state index >= 15 is 0 Å². The van der Waals surface area contributed by atoms with E-state index in [0.717, 1.165) is 57.3 Å². The van der Waals surface area contributed by atoms with Crippen molar-refractivity contribution in [3.8, 4) is 44.9 Å². The Morgan fingerprint density at radius 1 is 0.519 bits per heavy atom. The molecule has 2 atom stereocenters. The first-order valence-electron chi connectivity index (χ1n) is 18.9. The number of ether oxygens (including phenoxy) is 1. The van der Waals surface area contributed by atoms with Gasteiger partial charge < -0.3 is 10.1 Å². The highest BCUT2D eigenvalue weighted by molar-refractivity contribution is 6.01. The normalized spacial score (nSPS) is 18.1. The van der Waals surface area contributed by atoms with E-state index in [4.69, 9.17) is 9.73 Å². The molecule has 2 aliphatic carbocycles. The van der Waals surface area contributed by atoms with Crippen molar-refractivity contribution >= 4 is 5.84 Å². The molecule has 0 radical (unpaired) electrons. The molecule has 7 aromatic carbocycles. The topological polar surface area (TPSA) is 33.6 Å². The molecule has 0 fully saturated rings. The van der Waals surface area contributed by atoms with Gasteiger partial charge in [0.25, 0.3) is 0 Å². The molecule has 1 spiro atoms. The first kappa shape index (κ1) is 30.9. The van der Waals surface area contributed by atoms with Gasteiger partial charge in [0.05, 0.1) is 11.5 Å². The molecular formula is C51H36N2O. The van der Waals surface area contributed by atoms with E-state index in [-0.39, 0.29) is 6.04 Å². The summed E-state index contributed by atoms with van der Waals surface area (Å²) in [6.07, 6.45) is 7.53. The first-order chi connectivity index (χ1) is 26.8.